The maximum atomic E-state index is 12.0. The van der Waals surface area contributed by atoms with Crippen LogP contribution in [0, 0.1) is 6.92 Å². The molecule has 1 aliphatic heterocycles. The number of esters is 1. The third-order valence-electron chi connectivity index (χ3n) is 6.31. The van der Waals surface area contributed by atoms with Crippen molar-refractivity contribution in [1.29, 1.82) is 0 Å². The third kappa shape index (κ3) is 6.14. The molecular weight excluding hydrogens is 488 g/mol. The molecule has 0 unspecified atom stereocenters. The maximum Gasteiger partial charge on any atom is 0.338 e. The Kier molecular flexibility index (Phi) is 8.50. The smallest absolute Gasteiger partial charge is 0.338 e. The molecule has 0 saturated heterocycles. The fourth-order valence-corrected chi connectivity index (χ4v) is 4.78. The minimum atomic E-state index is -0.352. The number of nitrogens with zero attached hydrogens (tertiary/aromatic N) is 1. The number of fused-ring (bicyclic) bond motifs is 1. The second-order valence-electron chi connectivity index (χ2n) is 8.72. The molecule has 0 spiro atoms. The quantitative estimate of drug-likeness (QED) is 0.306. The van der Waals surface area contributed by atoms with E-state index in [4.69, 9.17) is 31.2 Å². The zero-order valence-electron chi connectivity index (χ0n) is 21.6. The summed E-state index contributed by atoms with van der Waals surface area (Å²) < 4.78 is 22.4. The van der Waals surface area contributed by atoms with Gasteiger partial charge in [0.2, 0.25) is 0 Å². The van der Waals surface area contributed by atoms with E-state index in [0.717, 1.165) is 29.8 Å². The molecule has 3 aromatic rings. The summed E-state index contributed by atoms with van der Waals surface area (Å²) in [5.74, 6) is 1.65. The Morgan fingerprint density at radius 3 is 2.46 bits per heavy atom. The molecule has 0 bridgehead atoms. The number of ether oxygens (including phenoxy) is 4. The van der Waals surface area contributed by atoms with Crippen molar-refractivity contribution in [3.05, 3.63) is 82.9 Å². The van der Waals surface area contributed by atoms with Crippen molar-refractivity contribution in [3.63, 3.8) is 0 Å². The van der Waals surface area contributed by atoms with Gasteiger partial charge in [0.1, 0.15) is 12.4 Å². The Balaban J connectivity index is 1.60. The molecule has 1 N–H and O–H groups in total. The van der Waals surface area contributed by atoms with Crippen LogP contribution in [0.15, 0.2) is 60.7 Å². The molecule has 1 atom stereocenters. The molecule has 0 radical (unpaired) electrons. The number of carbonyl (C=O) groups is 1. The first-order chi connectivity index (χ1) is 17.9. The van der Waals surface area contributed by atoms with Gasteiger partial charge in [0.15, 0.2) is 16.6 Å². The first-order valence-electron chi connectivity index (χ1n) is 12.2. The van der Waals surface area contributed by atoms with Gasteiger partial charge in [0.25, 0.3) is 0 Å². The van der Waals surface area contributed by atoms with Crippen molar-refractivity contribution in [3.8, 4) is 17.2 Å². The zero-order valence-corrected chi connectivity index (χ0v) is 22.4. The normalized spacial score (nSPS) is 14.4. The summed E-state index contributed by atoms with van der Waals surface area (Å²) in [6, 6.07) is 19.0. The Hall–Kier alpha value is -3.78. The van der Waals surface area contributed by atoms with Gasteiger partial charge in [-0.25, -0.2) is 4.79 Å². The molecule has 8 heteroatoms. The first-order valence-corrected chi connectivity index (χ1v) is 12.6. The largest absolute Gasteiger partial charge is 0.493 e. The number of thiocarbonyl (C=S) groups is 1. The molecule has 37 heavy (non-hydrogen) atoms. The standard InChI is InChI=1S/C29H32N2O5S/c1-5-35-28(32)20-9-11-23(12-10-20)36-18-25-24-17-27(34-4)26(33-3)16-21(24)13-14-31(25)29(37)30-22-8-6-7-19(2)15-22/h6-12,15-17,25H,5,13-14,18H2,1-4H3,(H,30,37)/t25-/m1/s1. The highest BCUT2D eigenvalue weighted by Gasteiger charge is 2.31. The van der Waals surface area contributed by atoms with Crippen LogP contribution in [0.2, 0.25) is 0 Å². The van der Waals surface area contributed by atoms with Gasteiger partial charge in [0, 0.05) is 12.2 Å². The van der Waals surface area contributed by atoms with E-state index in [9.17, 15) is 4.79 Å². The number of methoxy groups -OCH3 is 2. The molecule has 194 valence electrons. The van der Waals surface area contributed by atoms with Gasteiger partial charge in [-0.15, -0.1) is 0 Å². The summed E-state index contributed by atoms with van der Waals surface area (Å²) in [5, 5.41) is 4.01. The number of hydrogen-bond donors (Lipinski definition) is 1. The first kappa shape index (κ1) is 26.3. The number of benzene rings is 3. The highest BCUT2D eigenvalue weighted by atomic mass is 32.1. The minimum absolute atomic E-state index is 0.168. The van der Waals surface area contributed by atoms with Gasteiger partial charge in [-0.2, -0.15) is 0 Å². The van der Waals surface area contributed by atoms with Crippen LogP contribution in [0.5, 0.6) is 17.2 Å². The molecule has 0 aliphatic carbocycles. The van der Waals surface area contributed by atoms with Crippen molar-refractivity contribution in [2.75, 3.05) is 39.3 Å². The van der Waals surface area contributed by atoms with Gasteiger partial charge >= 0.3 is 5.97 Å². The molecule has 3 aromatic carbocycles. The average Bonchev–Trinajstić information content (AvgIpc) is 2.91. The third-order valence-corrected chi connectivity index (χ3v) is 6.64. The van der Waals surface area contributed by atoms with Crippen molar-refractivity contribution in [1.82, 2.24) is 4.90 Å². The number of aryl methyl sites for hydroxylation is 1. The Labute approximate surface area is 223 Å². The van der Waals surface area contributed by atoms with E-state index in [-0.39, 0.29) is 12.0 Å². The molecule has 1 aliphatic rings. The van der Waals surface area contributed by atoms with Gasteiger partial charge in [-0.1, -0.05) is 12.1 Å². The van der Waals surface area contributed by atoms with Crippen LogP contribution in [0.3, 0.4) is 0 Å². The van der Waals surface area contributed by atoms with Crippen molar-refractivity contribution < 1.29 is 23.7 Å². The van der Waals surface area contributed by atoms with E-state index >= 15 is 0 Å². The highest BCUT2D eigenvalue weighted by Crippen LogP contribution is 2.38. The Bertz CT molecular complexity index is 1260. The van der Waals surface area contributed by atoms with Crippen LogP contribution in [-0.2, 0) is 11.2 Å². The van der Waals surface area contributed by atoms with Crippen LogP contribution in [0.4, 0.5) is 5.69 Å². The highest BCUT2D eigenvalue weighted by molar-refractivity contribution is 7.80. The van der Waals surface area contributed by atoms with E-state index in [1.165, 1.54) is 5.56 Å². The lowest BCUT2D eigenvalue weighted by Crippen LogP contribution is -2.44. The molecule has 1 heterocycles. The molecule has 0 saturated carbocycles. The Morgan fingerprint density at radius 2 is 1.78 bits per heavy atom. The number of anilines is 1. The monoisotopic (exact) mass is 520 g/mol. The van der Waals surface area contributed by atoms with E-state index in [1.807, 2.05) is 24.3 Å². The van der Waals surface area contributed by atoms with Crippen molar-refractivity contribution in [2.45, 2.75) is 26.3 Å². The predicted octanol–water partition coefficient (Wildman–Crippen LogP) is 5.56. The fourth-order valence-electron chi connectivity index (χ4n) is 4.45. The van der Waals surface area contributed by atoms with Crippen LogP contribution in [0.25, 0.3) is 0 Å². The van der Waals surface area contributed by atoms with E-state index in [0.29, 0.717) is 41.1 Å². The maximum absolute atomic E-state index is 12.0. The van der Waals surface area contributed by atoms with Gasteiger partial charge in [0.05, 0.1) is 32.4 Å². The summed E-state index contributed by atoms with van der Waals surface area (Å²) in [6.45, 7) is 5.23. The lowest BCUT2D eigenvalue weighted by molar-refractivity contribution is 0.0526. The SMILES string of the molecule is CCOC(=O)c1ccc(OC[C@@H]2c3cc(OC)c(OC)cc3CCN2C(=S)Nc2cccc(C)c2)cc1. The fraction of sp³-hybridized carbons (Fsp3) is 0.310. The second kappa shape index (κ2) is 12.0. The van der Waals surface area contributed by atoms with Crippen molar-refractivity contribution in [2.24, 2.45) is 0 Å². The van der Waals surface area contributed by atoms with Gasteiger partial charge in [-0.3, -0.25) is 0 Å². The van der Waals surface area contributed by atoms with Gasteiger partial charge < -0.3 is 29.2 Å². The van der Waals surface area contributed by atoms with E-state index < -0.39 is 0 Å². The summed E-state index contributed by atoms with van der Waals surface area (Å²) in [7, 11) is 3.27. The zero-order chi connectivity index (χ0) is 26.4. The minimum Gasteiger partial charge on any atom is -0.493 e. The molecule has 0 aromatic heterocycles. The van der Waals surface area contributed by atoms with Crippen LogP contribution in [-0.4, -0.2) is 50.0 Å². The van der Waals surface area contributed by atoms with Gasteiger partial charge in [-0.05, 0) is 97.7 Å². The summed E-state index contributed by atoms with van der Waals surface area (Å²) >= 11 is 5.87. The lowest BCUT2D eigenvalue weighted by atomic mass is 9.92. The van der Waals surface area contributed by atoms with Crippen LogP contribution < -0.4 is 19.5 Å². The molecule has 4 rings (SSSR count). The number of nitrogens with one attached hydrogen (secondary N) is 1. The van der Waals surface area contributed by atoms with E-state index in [2.05, 4.69) is 29.3 Å². The number of rotatable bonds is 8. The average molecular weight is 521 g/mol. The van der Waals surface area contributed by atoms with Crippen LogP contribution >= 0.6 is 12.2 Å². The topological polar surface area (TPSA) is 69.3 Å². The summed E-state index contributed by atoms with van der Waals surface area (Å²) in [4.78, 5) is 14.1. The molecule has 0 fully saturated rings. The number of hydrogen-bond acceptors (Lipinski definition) is 6. The summed E-state index contributed by atoms with van der Waals surface area (Å²) in [6.07, 6.45) is 0.802. The molecule has 0 amide bonds. The second-order valence-corrected chi connectivity index (χ2v) is 9.11. The molecule has 7 nitrogen and oxygen atoms in total. The summed E-state index contributed by atoms with van der Waals surface area (Å²) in [5.41, 5.74) is 4.82. The Morgan fingerprint density at radius 1 is 1.05 bits per heavy atom. The van der Waals surface area contributed by atoms with Crippen LogP contribution in [0.1, 0.15) is 40.0 Å². The lowest BCUT2D eigenvalue weighted by Gasteiger charge is -2.39. The number of carbonyl (C=O) groups excluding carboxylic acids is 1. The molecular formula is C29H32N2O5S. The van der Waals surface area contributed by atoms with Crippen molar-refractivity contribution >= 4 is 29.0 Å². The predicted molar refractivity (Wildman–Crippen MR) is 148 cm³/mol. The van der Waals surface area contributed by atoms with E-state index in [1.54, 1.807) is 45.4 Å².